The van der Waals surface area contributed by atoms with Gasteiger partial charge in [0.05, 0.1) is 25.6 Å². The lowest BCUT2D eigenvalue weighted by Gasteiger charge is -2.16. The van der Waals surface area contributed by atoms with Crippen molar-refractivity contribution in [1.29, 1.82) is 0 Å². The van der Waals surface area contributed by atoms with Crippen molar-refractivity contribution in [2.24, 2.45) is 5.92 Å². The molecule has 0 saturated heterocycles. The van der Waals surface area contributed by atoms with E-state index in [9.17, 15) is 9.59 Å². The van der Waals surface area contributed by atoms with Crippen LogP contribution in [0.25, 0.3) is 0 Å². The molecule has 0 saturated carbocycles. The summed E-state index contributed by atoms with van der Waals surface area (Å²) in [5.41, 5.74) is 1.49. The second-order valence-corrected chi connectivity index (χ2v) is 6.55. The third-order valence-corrected chi connectivity index (χ3v) is 4.03. The SMILES string of the molecule is COc1cc(NC(=O)c2ccccc2)c(OC)cc1NC(=O)CCC(C)C. The summed E-state index contributed by atoms with van der Waals surface area (Å²) in [6.45, 7) is 4.14. The average Bonchev–Trinajstić information content (AvgIpc) is 2.67. The van der Waals surface area contributed by atoms with E-state index in [0.717, 1.165) is 6.42 Å². The number of amides is 2. The van der Waals surface area contributed by atoms with Gasteiger partial charge in [0.15, 0.2) is 0 Å². The highest BCUT2D eigenvalue weighted by atomic mass is 16.5. The van der Waals surface area contributed by atoms with E-state index in [4.69, 9.17) is 9.47 Å². The second kappa shape index (κ2) is 9.62. The number of hydrogen-bond donors (Lipinski definition) is 2. The van der Waals surface area contributed by atoms with E-state index in [1.54, 1.807) is 36.4 Å². The molecule has 0 spiro atoms. The van der Waals surface area contributed by atoms with Crippen molar-refractivity contribution in [2.45, 2.75) is 26.7 Å². The van der Waals surface area contributed by atoms with Crippen LogP contribution in [0.5, 0.6) is 11.5 Å². The van der Waals surface area contributed by atoms with Crippen molar-refractivity contribution in [2.75, 3.05) is 24.9 Å². The van der Waals surface area contributed by atoms with Gasteiger partial charge in [0.1, 0.15) is 11.5 Å². The summed E-state index contributed by atoms with van der Waals surface area (Å²) in [6.07, 6.45) is 1.23. The molecule has 0 fully saturated rings. The zero-order valence-corrected chi connectivity index (χ0v) is 16.2. The summed E-state index contributed by atoms with van der Waals surface area (Å²) in [4.78, 5) is 24.6. The molecule has 0 bridgehead atoms. The second-order valence-electron chi connectivity index (χ2n) is 6.55. The minimum absolute atomic E-state index is 0.0925. The van der Waals surface area contributed by atoms with Crippen molar-refractivity contribution in [3.8, 4) is 11.5 Å². The fourth-order valence-corrected chi connectivity index (χ4v) is 2.51. The number of anilines is 2. The normalized spacial score (nSPS) is 10.4. The van der Waals surface area contributed by atoms with Crippen molar-refractivity contribution in [3.63, 3.8) is 0 Å². The van der Waals surface area contributed by atoms with E-state index >= 15 is 0 Å². The third kappa shape index (κ3) is 5.74. The first-order valence-corrected chi connectivity index (χ1v) is 8.86. The summed E-state index contributed by atoms with van der Waals surface area (Å²) in [5.74, 6) is 0.967. The summed E-state index contributed by atoms with van der Waals surface area (Å²) < 4.78 is 10.8. The van der Waals surface area contributed by atoms with Crippen LogP contribution < -0.4 is 20.1 Å². The maximum absolute atomic E-state index is 12.4. The lowest BCUT2D eigenvalue weighted by molar-refractivity contribution is -0.116. The van der Waals surface area contributed by atoms with Gasteiger partial charge in [0, 0.05) is 24.1 Å². The van der Waals surface area contributed by atoms with Crippen molar-refractivity contribution in [3.05, 3.63) is 48.0 Å². The topological polar surface area (TPSA) is 76.7 Å². The zero-order chi connectivity index (χ0) is 19.8. The number of nitrogens with one attached hydrogen (secondary N) is 2. The molecule has 2 aromatic rings. The average molecular weight is 370 g/mol. The lowest BCUT2D eigenvalue weighted by atomic mass is 10.1. The van der Waals surface area contributed by atoms with Crippen LogP contribution in [-0.4, -0.2) is 26.0 Å². The highest BCUT2D eigenvalue weighted by molar-refractivity contribution is 6.05. The van der Waals surface area contributed by atoms with E-state index in [1.807, 2.05) is 6.07 Å². The molecule has 0 aliphatic rings. The Morgan fingerprint density at radius 2 is 1.48 bits per heavy atom. The van der Waals surface area contributed by atoms with Gasteiger partial charge in [-0.1, -0.05) is 32.0 Å². The molecular weight excluding hydrogens is 344 g/mol. The Labute approximate surface area is 159 Å². The standard InChI is InChI=1S/C21H26N2O4/c1-14(2)10-11-20(24)22-16-12-19(27-4)17(13-18(16)26-3)23-21(25)15-8-6-5-7-9-15/h5-9,12-14H,10-11H2,1-4H3,(H,22,24)(H,23,25). The molecule has 0 atom stereocenters. The predicted octanol–water partition coefficient (Wildman–Crippen LogP) is 4.33. The van der Waals surface area contributed by atoms with Crippen LogP contribution in [0.15, 0.2) is 42.5 Å². The number of carbonyl (C=O) groups excluding carboxylic acids is 2. The molecule has 144 valence electrons. The number of ether oxygens (including phenoxy) is 2. The molecule has 27 heavy (non-hydrogen) atoms. The lowest BCUT2D eigenvalue weighted by Crippen LogP contribution is -2.15. The highest BCUT2D eigenvalue weighted by Crippen LogP contribution is 2.36. The number of benzene rings is 2. The van der Waals surface area contributed by atoms with E-state index in [0.29, 0.717) is 40.8 Å². The van der Waals surface area contributed by atoms with Gasteiger partial charge in [0.25, 0.3) is 5.91 Å². The van der Waals surface area contributed by atoms with Gasteiger partial charge in [-0.05, 0) is 24.5 Å². The van der Waals surface area contributed by atoms with E-state index in [2.05, 4.69) is 24.5 Å². The first-order chi connectivity index (χ1) is 12.9. The Bertz CT molecular complexity index is 788. The van der Waals surface area contributed by atoms with Crippen LogP contribution >= 0.6 is 0 Å². The number of hydrogen-bond acceptors (Lipinski definition) is 4. The Kier molecular flexibility index (Phi) is 7.23. The third-order valence-electron chi connectivity index (χ3n) is 4.03. The molecule has 6 nitrogen and oxygen atoms in total. The fraction of sp³-hybridized carbons (Fsp3) is 0.333. The van der Waals surface area contributed by atoms with Crippen LogP contribution in [0.4, 0.5) is 11.4 Å². The number of carbonyl (C=O) groups is 2. The van der Waals surface area contributed by atoms with Gasteiger partial charge < -0.3 is 20.1 Å². The molecule has 2 rings (SSSR count). The van der Waals surface area contributed by atoms with Crippen molar-refractivity contribution in [1.82, 2.24) is 0 Å². The number of methoxy groups -OCH3 is 2. The van der Waals surface area contributed by atoms with Gasteiger partial charge >= 0.3 is 0 Å². The maximum atomic E-state index is 12.4. The predicted molar refractivity (Wildman–Crippen MR) is 107 cm³/mol. The molecule has 0 unspecified atom stereocenters. The van der Waals surface area contributed by atoms with Crippen LogP contribution in [-0.2, 0) is 4.79 Å². The quantitative estimate of drug-likeness (QED) is 0.725. The Morgan fingerprint density at radius 1 is 0.926 bits per heavy atom. The van der Waals surface area contributed by atoms with Crippen LogP contribution in [0, 0.1) is 5.92 Å². The van der Waals surface area contributed by atoms with Gasteiger partial charge in [0.2, 0.25) is 5.91 Å². The molecule has 0 aromatic heterocycles. The van der Waals surface area contributed by atoms with Crippen LogP contribution in [0.3, 0.4) is 0 Å². The van der Waals surface area contributed by atoms with Crippen LogP contribution in [0.1, 0.15) is 37.0 Å². The fourth-order valence-electron chi connectivity index (χ4n) is 2.51. The molecule has 0 heterocycles. The summed E-state index contributed by atoms with van der Waals surface area (Å²) in [6, 6.07) is 12.2. The molecule has 0 aliphatic carbocycles. The smallest absolute Gasteiger partial charge is 0.255 e. The molecule has 0 radical (unpaired) electrons. The Hall–Kier alpha value is -3.02. The first kappa shape index (κ1) is 20.3. The highest BCUT2D eigenvalue weighted by Gasteiger charge is 2.16. The molecule has 0 aliphatic heterocycles. The summed E-state index contributed by atoms with van der Waals surface area (Å²) in [5, 5.41) is 5.66. The van der Waals surface area contributed by atoms with E-state index < -0.39 is 0 Å². The molecular formula is C21H26N2O4. The summed E-state index contributed by atoms with van der Waals surface area (Å²) in [7, 11) is 3.01. The Morgan fingerprint density at radius 3 is 2.00 bits per heavy atom. The molecule has 2 N–H and O–H groups in total. The monoisotopic (exact) mass is 370 g/mol. The van der Waals surface area contributed by atoms with Gasteiger partial charge in [-0.15, -0.1) is 0 Å². The molecule has 2 aromatic carbocycles. The van der Waals surface area contributed by atoms with E-state index in [1.165, 1.54) is 14.2 Å². The largest absolute Gasteiger partial charge is 0.494 e. The minimum atomic E-state index is -0.260. The zero-order valence-electron chi connectivity index (χ0n) is 16.2. The van der Waals surface area contributed by atoms with E-state index in [-0.39, 0.29) is 11.8 Å². The van der Waals surface area contributed by atoms with Gasteiger partial charge in [-0.2, -0.15) is 0 Å². The van der Waals surface area contributed by atoms with Crippen molar-refractivity contribution >= 4 is 23.2 Å². The van der Waals surface area contributed by atoms with Gasteiger partial charge in [-0.25, -0.2) is 0 Å². The number of rotatable bonds is 8. The first-order valence-electron chi connectivity index (χ1n) is 8.86. The summed E-state index contributed by atoms with van der Waals surface area (Å²) >= 11 is 0. The van der Waals surface area contributed by atoms with Gasteiger partial charge in [-0.3, -0.25) is 9.59 Å². The van der Waals surface area contributed by atoms with Crippen LogP contribution in [0.2, 0.25) is 0 Å². The maximum Gasteiger partial charge on any atom is 0.255 e. The van der Waals surface area contributed by atoms with Crippen molar-refractivity contribution < 1.29 is 19.1 Å². The Balaban J connectivity index is 2.22. The molecule has 2 amide bonds. The molecule has 6 heteroatoms. The minimum Gasteiger partial charge on any atom is -0.494 e.